The molecular weight excluding hydrogens is 388 g/mol. The number of carboxylic acids is 1. The topological polar surface area (TPSA) is 113 Å². The Hall–Kier alpha value is -3.81. The minimum absolute atomic E-state index is 0.0210. The van der Waals surface area contributed by atoms with Gasteiger partial charge in [-0.05, 0) is 23.8 Å². The van der Waals surface area contributed by atoms with Crippen LogP contribution < -0.4 is 14.6 Å². The van der Waals surface area contributed by atoms with Crippen molar-refractivity contribution in [3.63, 3.8) is 0 Å². The molecule has 3 rings (SSSR count). The lowest BCUT2D eigenvalue weighted by Gasteiger charge is -2.16. The Balaban J connectivity index is 1.98. The number of rotatable bonds is 8. The molecule has 8 heteroatoms. The second kappa shape index (κ2) is 9.13. The number of aromatic carboxylic acids is 1. The van der Waals surface area contributed by atoms with Crippen LogP contribution in [0.1, 0.15) is 21.5 Å². The van der Waals surface area contributed by atoms with Crippen LogP contribution >= 0.6 is 0 Å². The molecule has 0 fully saturated rings. The third kappa shape index (κ3) is 4.12. The summed E-state index contributed by atoms with van der Waals surface area (Å²) in [6.45, 7) is 0. The minimum Gasteiger partial charge on any atom is -0.545 e. The summed E-state index contributed by atoms with van der Waals surface area (Å²) in [5, 5.41) is 12.7. The number of fused-ring (bicyclic) bond motifs is 1. The molecule has 3 aromatic rings. The Morgan fingerprint density at radius 3 is 2.57 bits per heavy atom. The van der Waals surface area contributed by atoms with E-state index < -0.39 is 18.0 Å². The molecule has 8 nitrogen and oxygen atoms in total. The lowest BCUT2D eigenvalue weighted by molar-refractivity contribution is -0.255. The Kier molecular flexibility index (Phi) is 6.36. The zero-order valence-corrected chi connectivity index (χ0v) is 16.8. The summed E-state index contributed by atoms with van der Waals surface area (Å²) in [7, 11) is 4.02. The zero-order valence-electron chi connectivity index (χ0n) is 16.8. The Morgan fingerprint density at radius 2 is 1.90 bits per heavy atom. The van der Waals surface area contributed by atoms with Crippen molar-refractivity contribution in [3.05, 3.63) is 59.3 Å². The third-order valence-corrected chi connectivity index (χ3v) is 4.74. The average molecular weight is 409 g/mol. The SMILES string of the molecule is COC(=O)[C@@H](Cc1c[nH]c2ccccc12)N=Cc1ccc(OC)c(OC)c1C(=O)[O-]. The summed E-state index contributed by atoms with van der Waals surface area (Å²) in [4.78, 5) is 31.5. The van der Waals surface area contributed by atoms with Crippen molar-refractivity contribution < 1.29 is 28.9 Å². The molecule has 0 aliphatic heterocycles. The fourth-order valence-corrected chi connectivity index (χ4v) is 3.27. The van der Waals surface area contributed by atoms with Gasteiger partial charge in [0.1, 0.15) is 0 Å². The first kappa shape index (κ1) is 20.9. The van der Waals surface area contributed by atoms with Gasteiger partial charge >= 0.3 is 5.97 Å². The molecule has 1 N–H and O–H groups in total. The van der Waals surface area contributed by atoms with E-state index in [1.807, 2.05) is 30.5 Å². The van der Waals surface area contributed by atoms with Gasteiger partial charge in [0.05, 0.1) is 32.9 Å². The van der Waals surface area contributed by atoms with Gasteiger partial charge in [0.2, 0.25) is 0 Å². The number of carbonyl (C=O) groups is 2. The Morgan fingerprint density at radius 1 is 1.13 bits per heavy atom. The van der Waals surface area contributed by atoms with E-state index in [2.05, 4.69) is 9.98 Å². The highest BCUT2D eigenvalue weighted by Gasteiger charge is 2.21. The van der Waals surface area contributed by atoms with Crippen LogP contribution in [0.3, 0.4) is 0 Å². The van der Waals surface area contributed by atoms with Crippen LogP contribution in [0.25, 0.3) is 10.9 Å². The van der Waals surface area contributed by atoms with Crippen LogP contribution in [0.5, 0.6) is 11.5 Å². The molecule has 156 valence electrons. The van der Waals surface area contributed by atoms with Gasteiger partial charge in [0.15, 0.2) is 17.5 Å². The molecule has 0 amide bonds. The number of aromatic nitrogens is 1. The minimum atomic E-state index is -1.45. The van der Waals surface area contributed by atoms with Crippen molar-refractivity contribution in [1.29, 1.82) is 0 Å². The van der Waals surface area contributed by atoms with E-state index in [1.165, 1.54) is 33.6 Å². The number of carbonyl (C=O) groups excluding carboxylic acids is 2. The molecule has 1 heterocycles. The number of methoxy groups -OCH3 is 3. The molecular formula is C22H21N2O6-. The molecule has 2 aromatic carbocycles. The number of H-pyrrole nitrogens is 1. The monoisotopic (exact) mass is 409 g/mol. The highest BCUT2D eigenvalue weighted by atomic mass is 16.5. The Bertz CT molecular complexity index is 1100. The lowest BCUT2D eigenvalue weighted by atomic mass is 10.0. The summed E-state index contributed by atoms with van der Waals surface area (Å²) in [5.74, 6) is -1.71. The summed E-state index contributed by atoms with van der Waals surface area (Å²) >= 11 is 0. The van der Waals surface area contributed by atoms with Gasteiger partial charge in [-0.15, -0.1) is 0 Å². The van der Waals surface area contributed by atoms with Crippen molar-refractivity contribution in [3.8, 4) is 11.5 Å². The van der Waals surface area contributed by atoms with Crippen LogP contribution in [-0.4, -0.2) is 50.5 Å². The summed E-state index contributed by atoms with van der Waals surface area (Å²) < 4.78 is 15.2. The van der Waals surface area contributed by atoms with Crippen molar-refractivity contribution in [1.82, 2.24) is 4.98 Å². The van der Waals surface area contributed by atoms with Crippen LogP contribution in [0.4, 0.5) is 0 Å². The normalized spacial score (nSPS) is 12.1. The summed E-state index contributed by atoms with van der Waals surface area (Å²) in [5.41, 5.74) is 1.85. The van der Waals surface area contributed by atoms with Gasteiger partial charge in [-0.2, -0.15) is 0 Å². The third-order valence-electron chi connectivity index (χ3n) is 4.74. The van der Waals surface area contributed by atoms with Gasteiger partial charge in [0, 0.05) is 35.3 Å². The fraction of sp³-hybridized carbons (Fsp3) is 0.227. The quantitative estimate of drug-likeness (QED) is 0.448. The van der Waals surface area contributed by atoms with E-state index >= 15 is 0 Å². The predicted molar refractivity (Wildman–Crippen MR) is 109 cm³/mol. The van der Waals surface area contributed by atoms with Crippen molar-refractivity contribution in [2.45, 2.75) is 12.5 Å². The molecule has 0 spiro atoms. The van der Waals surface area contributed by atoms with Crippen molar-refractivity contribution in [2.75, 3.05) is 21.3 Å². The molecule has 0 unspecified atom stereocenters. The number of carboxylic acid groups (broad SMARTS) is 1. The maximum absolute atomic E-state index is 12.3. The standard InChI is InChI=1S/C22H22N2O6/c1-28-18-9-8-13(19(21(25)26)20(18)29-2)11-24-17(22(27)30-3)10-14-12-23-16-7-5-4-6-15(14)16/h4-9,11-12,17,23H,10H2,1-3H3,(H,25,26)/p-1/t17-/m1/s1. The van der Waals surface area contributed by atoms with Gasteiger partial charge in [-0.1, -0.05) is 18.2 Å². The number of hydrogen-bond acceptors (Lipinski definition) is 7. The fourth-order valence-electron chi connectivity index (χ4n) is 3.27. The van der Waals surface area contributed by atoms with Gasteiger partial charge in [0.25, 0.3) is 0 Å². The van der Waals surface area contributed by atoms with E-state index in [-0.39, 0.29) is 29.0 Å². The maximum Gasteiger partial charge on any atom is 0.330 e. The van der Waals surface area contributed by atoms with Gasteiger partial charge < -0.3 is 29.1 Å². The molecule has 0 saturated heterocycles. The number of benzene rings is 2. The van der Waals surface area contributed by atoms with Gasteiger partial charge in [-0.25, -0.2) is 4.79 Å². The van der Waals surface area contributed by atoms with Crippen molar-refractivity contribution in [2.24, 2.45) is 4.99 Å². The first-order valence-electron chi connectivity index (χ1n) is 9.12. The summed E-state index contributed by atoms with van der Waals surface area (Å²) in [6, 6.07) is 9.91. The number of hydrogen-bond donors (Lipinski definition) is 1. The highest BCUT2D eigenvalue weighted by molar-refractivity contribution is 6.01. The van der Waals surface area contributed by atoms with E-state index in [0.717, 1.165) is 16.5 Å². The highest BCUT2D eigenvalue weighted by Crippen LogP contribution is 2.32. The van der Waals surface area contributed by atoms with Crippen LogP contribution in [0.15, 0.2) is 47.6 Å². The first-order chi connectivity index (χ1) is 14.5. The molecule has 1 aromatic heterocycles. The molecule has 0 aliphatic carbocycles. The molecule has 0 saturated carbocycles. The first-order valence-corrected chi connectivity index (χ1v) is 9.12. The number of esters is 1. The van der Waals surface area contributed by atoms with Gasteiger partial charge in [-0.3, -0.25) is 4.99 Å². The predicted octanol–water partition coefficient (Wildman–Crippen LogP) is 1.75. The van der Waals surface area contributed by atoms with E-state index in [1.54, 1.807) is 6.07 Å². The number of aliphatic imine (C=N–C) groups is 1. The number of para-hydroxylation sites is 1. The maximum atomic E-state index is 12.3. The summed E-state index contributed by atoms with van der Waals surface area (Å²) in [6.07, 6.45) is 3.41. The number of aromatic amines is 1. The molecule has 1 atom stereocenters. The molecule has 0 aliphatic rings. The average Bonchev–Trinajstić information content (AvgIpc) is 3.17. The van der Waals surface area contributed by atoms with E-state index in [4.69, 9.17) is 14.2 Å². The molecule has 0 radical (unpaired) electrons. The number of nitrogens with one attached hydrogen (secondary N) is 1. The number of nitrogens with zero attached hydrogens (tertiary/aromatic N) is 1. The lowest BCUT2D eigenvalue weighted by Crippen LogP contribution is -2.26. The second-order valence-electron chi connectivity index (χ2n) is 6.43. The van der Waals surface area contributed by atoms with E-state index in [0.29, 0.717) is 0 Å². The van der Waals surface area contributed by atoms with Crippen molar-refractivity contribution >= 4 is 29.1 Å². The molecule has 0 bridgehead atoms. The number of ether oxygens (including phenoxy) is 3. The second-order valence-corrected chi connectivity index (χ2v) is 6.43. The van der Waals surface area contributed by atoms with Crippen LogP contribution in [0.2, 0.25) is 0 Å². The molecule has 30 heavy (non-hydrogen) atoms. The Labute approximate surface area is 173 Å². The van der Waals surface area contributed by atoms with E-state index in [9.17, 15) is 14.7 Å². The largest absolute Gasteiger partial charge is 0.545 e. The smallest absolute Gasteiger partial charge is 0.330 e. The zero-order chi connectivity index (χ0) is 21.7. The van der Waals surface area contributed by atoms with Crippen LogP contribution in [-0.2, 0) is 16.0 Å². The van der Waals surface area contributed by atoms with Crippen LogP contribution in [0, 0.1) is 0 Å².